The minimum atomic E-state index is 0.135. The second-order valence-electron chi connectivity index (χ2n) is 7.27. The third-order valence-corrected chi connectivity index (χ3v) is 3.90. The van der Waals surface area contributed by atoms with Crippen LogP contribution in [0.3, 0.4) is 0 Å². The van der Waals surface area contributed by atoms with Crippen LogP contribution in [-0.4, -0.2) is 42.3 Å². The average molecular weight is 290 g/mol. The van der Waals surface area contributed by atoms with Gasteiger partial charge in [-0.05, 0) is 40.2 Å². The lowest BCUT2D eigenvalue weighted by atomic mass is 10.0. The van der Waals surface area contributed by atoms with Crippen LogP contribution < -0.4 is 5.32 Å². The van der Waals surface area contributed by atoms with Crippen LogP contribution in [0.4, 0.5) is 0 Å². The molecule has 0 radical (unpaired) electrons. The van der Waals surface area contributed by atoms with Crippen LogP contribution in [0.2, 0.25) is 0 Å². The zero-order valence-corrected chi connectivity index (χ0v) is 14.1. The SMILES string of the molecule is CC1CN(C(CNC(C)(C)C)c2ccccc2)CC(C)O1. The molecule has 0 bridgehead atoms. The van der Waals surface area contributed by atoms with Crippen LogP contribution in [-0.2, 0) is 4.74 Å². The Morgan fingerprint density at radius 2 is 1.71 bits per heavy atom. The molecular formula is C18H30N2O. The van der Waals surface area contributed by atoms with Gasteiger partial charge in [0, 0.05) is 31.2 Å². The van der Waals surface area contributed by atoms with E-state index in [1.165, 1.54) is 5.56 Å². The van der Waals surface area contributed by atoms with Gasteiger partial charge in [-0.15, -0.1) is 0 Å². The highest BCUT2D eigenvalue weighted by atomic mass is 16.5. The van der Waals surface area contributed by atoms with E-state index in [-0.39, 0.29) is 5.54 Å². The Morgan fingerprint density at radius 1 is 1.14 bits per heavy atom. The van der Waals surface area contributed by atoms with Crippen molar-refractivity contribution >= 4 is 0 Å². The number of benzene rings is 1. The number of morpholine rings is 1. The largest absolute Gasteiger partial charge is 0.373 e. The van der Waals surface area contributed by atoms with Gasteiger partial charge in [-0.2, -0.15) is 0 Å². The predicted octanol–water partition coefficient (Wildman–Crippen LogP) is 3.23. The van der Waals surface area contributed by atoms with Crippen LogP contribution in [0.15, 0.2) is 30.3 Å². The molecule has 0 amide bonds. The number of nitrogens with one attached hydrogen (secondary N) is 1. The molecule has 1 aliphatic heterocycles. The molecule has 3 atom stereocenters. The van der Waals surface area contributed by atoms with E-state index in [4.69, 9.17) is 4.74 Å². The third-order valence-electron chi connectivity index (χ3n) is 3.90. The molecule has 1 saturated heterocycles. The zero-order chi connectivity index (χ0) is 15.5. The molecular weight excluding hydrogens is 260 g/mol. The van der Waals surface area contributed by atoms with Crippen LogP contribution in [0, 0.1) is 0 Å². The van der Waals surface area contributed by atoms with Gasteiger partial charge in [0.05, 0.1) is 12.2 Å². The molecule has 1 heterocycles. The fourth-order valence-electron chi connectivity index (χ4n) is 3.01. The van der Waals surface area contributed by atoms with E-state index < -0.39 is 0 Å². The van der Waals surface area contributed by atoms with Gasteiger partial charge in [-0.3, -0.25) is 4.90 Å². The molecule has 3 nitrogen and oxygen atoms in total. The Morgan fingerprint density at radius 3 is 2.24 bits per heavy atom. The lowest BCUT2D eigenvalue weighted by Gasteiger charge is -2.41. The van der Waals surface area contributed by atoms with E-state index in [0.29, 0.717) is 18.2 Å². The van der Waals surface area contributed by atoms with Crippen molar-refractivity contribution in [2.75, 3.05) is 19.6 Å². The lowest BCUT2D eigenvalue weighted by Crippen LogP contribution is -2.50. The van der Waals surface area contributed by atoms with Crippen LogP contribution in [0.1, 0.15) is 46.2 Å². The van der Waals surface area contributed by atoms with Crippen LogP contribution >= 0.6 is 0 Å². The maximum atomic E-state index is 5.89. The molecule has 1 N–H and O–H groups in total. The number of ether oxygens (including phenoxy) is 1. The number of rotatable bonds is 4. The Bertz CT molecular complexity index is 417. The zero-order valence-electron chi connectivity index (χ0n) is 14.1. The van der Waals surface area contributed by atoms with Crippen molar-refractivity contribution < 1.29 is 4.74 Å². The summed E-state index contributed by atoms with van der Waals surface area (Å²) in [6, 6.07) is 11.2. The van der Waals surface area contributed by atoms with Crippen molar-refractivity contribution in [3.63, 3.8) is 0 Å². The summed E-state index contributed by atoms with van der Waals surface area (Å²) < 4.78 is 5.89. The van der Waals surface area contributed by atoms with Crippen LogP contribution in [0.25, 0.3) is 0 Å². The minimum Gasteiger partial charge on any atom is -0.373 e. The van der Waals surface area contributed by atoms with Crippen LogP contribution in [0.5, 0.6) is 0 Å². The maximum Gasteiger partial charge on any atom is 0.0678 e. The van der Waals surface area contributed by atoms with E-state index in [2.05, 4.69) is 75.2 Å². The Hall–Kier alpha value is -0.900. The van der Waals surface area contributed by atoms with Crippen molar-refractivity contribution in [1.29, 1.82) is 0 Å². The highest BCUT2D eigenvalue weighted by molar-refractivity contribution is 5.20. The number of nitrogens with zero attached hydrogens (tertiary/aromatic N) is 1. The molecule has 21 heavy (non-hydrogen) atoms. The first-order valence-electron chi connectivity index (χ1n) is 8.04. The topological polar surface area (TPSA) is 24.5 Å². The monoisotopic (exact) mass is 290 g/mol. The summed E-state index contributed by atoms with van der Waals surface area (Å²) in [6.45, 7) is 14.0. The molecule has 3 heteroatoms. The van der Waals surface area contributed by atoms with Gasteiger partial charge in [0.2, 0.25) is 0 Å². The van der Waals surface area contributed by atoms with E-state index in [1.54, 1.807) is 0 Å². The molecule has 2 rings (SSSR count). The van der Waals surface area contributed by atoms with Crippen molar-refractivity contribution in [2.45, 2.75) is 58.4 Å². The molecule has 3 unspecified atom stereocenters. The first kappa shape index (κ1) is 16.5. The average Bonchev–Trinajstić information content (AvgIpc) is 2.37. The standard InChI is InChI=1S/C18H30N2O/c1-14-12-20(13-15(2)21-14)17(11-19-18(3,4)5)16-9-7-6-8-10-16/h6-10,14-15,17,19H,11-13H2,1-5H3. The fourth-order valence-corrected chi connectivity index (χ4v) is 3.01. The van der Waals surface area contributed by atoms with Gasteiger partial charge in [0.1, 0.15) is 0 Å². The number of hydrogen-bond acceptors (Lipinski definition) is 3. The van der Waals surface area contributed by atoms with E-state index in [9.17, 15) is 0 Å². The Balaban J connectivity index is 2.15. The Labute approximate surface area is 129 Å². The molecule has 118 valence electrons. The first-order valence-corrected chi connectivity index (χ1v) is 8.04. The molecule has 1 aromatic rings. The normalized spacial score (nSPS) is 25.8. The van der Waals surface area contributed by atoms with Gasteiger partial charge >= 0.3 is 0 Å². The molecule has 0 aliphatic carbocycles. The summed E-state index contributed by atoms with van der Waals surface area (Å²) in [5, 5.41) is 3.66. The number of hydrogen-bond donors (Lipinski definition) is 1. The third kappa shape index (κ3) is 5.10. The second kappa shape index (κ2) is 6.91. The highest BCUT2D eigenvalue weighted by Gasteiger charge is 2.29. The van der Waals surface area contributed by atoms with Crippen molar-refractivity contribution in [2.24, 2.45) is 0 Å². The predicted molar refractivity (Wildman–Crippen MR) is 88.5 cm³/mol. The van der Waals surface area contributed by atoms with Gasteiger partial charge in [0.25, 0.3) is 0 Å². The van der Waals surface area contributed by atoms with Crippen molar-refractivity contribution in [3.05, 3.63) is 35.9 Å². The Kier molecular flexibility index (Phi) is 5.42. The lowest BCUT2D eigenvalue weighted by molar-refractivity contribution is -0.0811. The van der Waals surface area contributed by atoms with E-state index in [1.807, 2.05) is 0 Å². The van der Waals surface area contributed by atoms with E-state index in [0.717, 1.165) is 19.6 Å². The summed E-state index contributed by atoms with van der Waals surface area (Å²) in [5.74, 6) is 0. The molecule has 1 fully saturated rings. The minimum absolute atomic E-state index is 0.135. The fraction of sp³-hybridized carbons (Fsp3) is 0.667. The van der Waals surface area contributed by atoms with Crippen molar-refractivity contribution in [3.8, 4) is 0 Å². The van der Waals surface area contributed by atoms with Gasteiger partial charge in [-0.25, -0.2) is 0 Å². The summed E-state index contributed by atoms with van der Waals surface area (Å²) in [4.78, 5) is 2.56. The first-order chi connectivity index (χ1) is 9.85. The molecule has 1 aromatic carbocycles. The van der Waals surface area contributed by atoms with E-state index >= 15 is 0 Å². The molecule has 0 aromatic heterocycles. The maximum absolute atomic E-state index is 5.89. The van der Waals surface area contributed by atoms with Crippen molar-refractivity contribution in [1.82, 2.24) is 10.2 Å². The summed E-state index contributed by atoms with van der Waals surface area (Å²) >= 11 is 0. The molecule has 1 aliphatic rings. The summed E-state index contributed by atoms with van der Waals surface area (Å²) in [6.07, 6.45) is 0.601. The van der Waals surface area contributed by atoms with Gasteiger partial charge < -0.3 is 10.1 Å². The highest BCUT2D eigenvalue weighted by Crippen LogP contribution is 2.25. The smallest absolute Gasteiger partial charge is 0.0678 e. The summed E-state index contributed by atoms with van der Waals surface area (Å²) in [7, 11) is 0. The quantitative estimate of drug-likeness (QED) is 0.921. The van der Waals surface area contributed by atoms with Gasteiger partial charge in [-0.1, -0.05) is 30.3 Å². The summed E-state index contributed by atoms with van der Waals surface area (Å²) in [5.41, 5.74) is 1.52. The molecule has 0 spiro atoms. The second-order valence-corrected chi connectivity index (χ2v) is 7.27. The molecule has 0 saturated carbocycles. The van der Waals surface area contributed by atoms with Gasteiger partial charge in [0.15, 0.2) is 0 Å².